The van der Waals surface area contributed by atoms with Crippen molar-refractivity contribution in [3.63, 3.8) is 0 Å². The van der Waals surface area contributed by atoms with Gasteiger partial charge in [0.1, 0.15) is 0 Å². The molecule has 0 aliphatic carbocycles. The minimum absolute atomic E-state index is 0. The lowest BCUT2D eigenvalue weighted by atomic mass is 10.2. The average molecular weight is 295 g/mol. The van der Waals surface area contributed by atoms with Gasteiger partial charge in [0.15, 0.2) is 0 Å². The number of likely N-dealkylation sites (N-methyl/N-ethyl adjacent to an activating group) is 1. The van der Waals surface area contributed by atoms with Gasteiger partial charge < -0.3 is 10.6 Å². The Morgan fingerprint density at radius 3 is 2.70 bits per heavy atom. The maximum absolute atomic E-state index is 11.8. The molecular formula is C14H19ClN4O. The third kappa shape index (κ3) is 4.68. The predicted molar refractivity (Wildman–Crippen MR) is 81.3 cm³/mol. The number of carbonyl (C=O) groups excluding carboxylic acids is 1. The Hall–Kier alpha value is -1.85. The highest BCUT2D eigenvalue weighted by molar-refractivity contribution is 5.93. The molecule has 0 unspecified atom stereocenters. The van der Waals surface area contributed by atoms with Gasteiger partial charge in [-0.3, -0.25) is 9.48 Å². The van der Waals surface area contributed by atoms with Gasteiger partial charge in [0.25, 0.3) is 5.91 Å². The van der Waals surface area contributed by atoms with Crippen molar-refractivity contribution in [3.05, 3.63) is 53.9 Å². The van der Waals surface area contributed by atoms with E-state index in [0.29, 0.717) is 18.7 Å². The second-order valence-corrected chi connectivity index (χ2v) is 4.27. The Morgan fingerprint density at radius 2 is 2.00 bits per heavy atom. The molecule has 1 aromatic carbocycles. The SMILES string of the molecule is CNCCNC(=O)c1cnn(Cc2ccccc2)c1.Cl. The molecule has 6 heteroatoms. The second kappa shape index (κ2) is 8.35. The standard InChI is InChI=1S/C14H18N4O.ClH/c1-15-7-8-16-14(19)13-9-17-18(11-13)10-12-5-3-2-4-6-12;/h2-6,9,11,15H,7-8,10H2,1H3,(H,16,19);1H. The normalized spacial score (nSPS) is 9.85. The van der Waals surface area contributed by atoms with Gasteiger partial charge >= 0.3 is 0 Å². The van der Waals surface area contributed by atoms with Gasteiger partial charge in [0, 0.05) is 19.3 Å². The maximum atomic E-state index is 11.8. The number of halogens is 1. The number of hydrogen-bond acceptors (Lipinski definition) is 3. The summed E-state index contributed by atoms with van der Waals surface area (Å²) in [5.41, 5.74) is 1.75. The van der Waals surface area contributed by atoms with Crippen LogP contribution < -0.4 is 10.6 Å². The molecule has 1 aromatic heterocycles. The van der Waals surface area contributed by atoms with Crippen LogP contribution in [0.5, 0.6) is 0 Å². The fourth-order valence-electron chi connectivity index (χ4n) is 1.74. The van der Waals surface area contributed by atoms with Gasteiger partial charge in [-0.05, 0) is 12.6 Å². The first-order chi connectivity index (χ1) is 9.29. The van der Waals surface area contributed by atoms with E-state index in [-0.39, 0.29) is 18.3 Å². The van der Waals surface area contributed by atoms with E-state index in [4.69, 9.17) is 0 Å². The smallest absolute Gasteiger partial charge is 0.254 e. The van der Waals surface area contributed by atoms with Crippen molar-refractivity contribution in [2.75, 3.05) is 20.1 Å². The van der Waals surface area contributed by atoms with Gasteiger partial charge in [-0.2, -0.15) is 5.10 Å². The number of carbonyl (C=O) groups is 1. The van der Waals surface area contributed by atoms with Crippen LogP contribution in [0.15, 0.2) is 42.7 Å². The van der Waals surface area contributed by atoms with E-state index in [1.807, 2.05) is 37.4 Å². The van der Waals surface area contributed by atoms with Crippen molar-refractivity contribution < 1.29 is 4.79 Å². The third-order valence-corrected chi connectivity index (χ3v) is 2.74. The molecule has 108 valence electrons. The van der Waals surface area contributed by atoms with E-state index in [0.717, 1.165) is 12.1 Å². The zero-order valence-electron chi connectivity index (χ0n) is 11.4. The van der Waals surface area contributed by atoms with Crippen LogP contribution in [-0.2, 0) is 6.54 Å². The quantitative estimate of drug-likeness (QED) is 0.790. The number of benzene rings is 1. The predicted octanol–water partition coefficient (Wildman–Crippen LogP) is 1.30. The molecule has 0 aliphatic heterocycles. The molecule has 1 amide bonds. The van der Waals surface area contributed by atoms with E-state index in [2.05, 4.69) is 15.7 Å². The van der Waals surface area contributed by atoms with E-state index in [1.165, 1.54) is 0 Å². The van der Waals surface area contributed by atoms with Crippen LogP contribution >= 0.6 is 12.4 Å². The van der Waals surface area contributed by atoms with Crippen LogP contribution in [-0.4, -0.2) is 35.8 Å². The van der Waals surface area contributed by atoms with Crippen LogP contribution in [0.4, 0.5) is 0 Å². The average Bonchev–Trinajstić information content (AvgIpc) is 2.89. The van der Waals surface area contributed by atoms with E-state index in [9.17, 15) is 4.79 Å². The van der Waals surface area contributed by atoms with E-state index in [1.54, 1.807) is 17.1 Å². The monoisotopic (exact) mass is 294 g/mol. The summed E-state index contributed by atoms with van der Waals surface area (Å²) in [5.74, 6) is -0.0884. The summed E-state index contributed by atoms with van der Waals surface area (Å²) in [4.78, 5) is 11.8. The Balaban J connectivity index is 0.00000200. The first-order valence-electron chi connectivity index (χ1n) is 6.29. The number of rotatable bonds is 6. The van der Waals surface area contributed by atoms with E-state index >= 15 is 0 Å². The molecule has 0 spiro atoms. The Kier molecular flexibility index (Phi) is 6.76. The van der Waals surface area contributed by atoms with Crippen molar-refractivity contribution in [3.8, 4) is 0 Å². The zero-order chi connectivity index (χ0) is 13.5. The third-order valence-electron chi connectivity index (χ3n) is 2.74. The molecule has 1 heterocycles. The van der Waals surface area contributed by atoms with Crippen molar-refractivity contribution in [2.45, 2.75) is 6.54 Å². The van der Waals surface area contributed by atoms with Gasteiger partial charge in [-0.25, -0.2) is 0 Å². The molecule has 0 saturated heterocycles. The summed E-state index contributed by atoms with van der Waals surface area (Å²) < 4.78 is 1.77. The number of nitrogens with one attached hydrogen (secondary N) is 2. The summed E-state index contributed by atoms with van der Waals surface area (Å²) in [6.45, 7) is 2.04. The molecule has 5 nitrogen and oxygen atoms in total. The highest BCUT2D eigenvalue weighted by Gasteiger charge is 2.07. The van der Waals surface area contributed by atoms with Gasteiger partial charge in [-0.1, -0.05) is 30.3 Å². The highest BCUT2D eigenvalue weighted by atomic mass is 35.5. The largest absolute Gasteiger partial charge is 0.351 e. The summed E-state index contributed by atoms with van der Waals surface area (Å²) in [6, 6.07) is 10.0. The van der Waals surface area contributed by atoms with Crippen molar-refractivity contribution >= 4 is 18.3 Å². The lowest BCUT2D eigenvalue weighted by molar-refractivity contribution is 0.0954. The Morgan fingerprint density at radius 1 is 1.25 bits per heavy atom. The number of amides is 1. The summed E-state index contributed by atoms with van der Waals surface area (Å²) in [7, 11) is 1.85. The van der Waals surface area contributed by atoms with Crippen molar-refractivity contribution in [1.82, 2.24) is 20.4 Å². The van der Waals surface area contributed by atoms with Gasteiger partial charge in [-0.15, -0.1) is 12.4 Å². The minimum atomic E-state index is -0.0884. The first kappa shape index (κ1) is 16.2. The number of aromatic nitrogens is 2. The lowest BCUT2D eigenvalue weighted by Gasteiger charge is -2.02. The van der Waals surface area contributed by atoms with Gasteiger partial charge in [0.2, 0.25) is 0 Å². The molecule has 0 radical (unpaired) electrons. The lowest BCUT2D eigenvalue weighted by Crippen LogP contribution is -2.30. The number of nitrogens with zero attached hydrogens (tertiary/aromatic N) is 2. The first-order valence-corrected chi connectivity index (χ1v) is 6.29. The summed E-state index contributed by atoms with van der Waals surface area (Å²) in [5, 5.41) is 10.0. The topological polar surface area (TPSA) is 58.9 Å². The molecular weight excluding hydrogens is 276 g/mol. The number of hydrogen-bond donors (Lipinski definition) is 2. The Labute approximate surface area is 124 Å². The van der Waals surface area contributed by atoms with Crippen LogP contribution in [0.2, 0.25) is 0 Å². The molecule has 0 aliphatic rings. The Bertz CT molecular complexity index is 527. The minimum Gasteiger partial charge on any atom is -0.351 e. The van der Waals surface area contributed by atoms with Crippen LogP contribution in [0.1, 0.15) is 15.9 Å². The zero-order valence-corrected chi connectivity index (χ0v) is 12.2. The molecule has 2 N–H and O–H groups in total. The van der Waals surface area contributed by atoms with Gasteiger partial charge in [0.05, 0.1) is 18.3 Å². The molecule has 0 fully saturated rings. The van der Waals surface area contributed by atoms with Crippen molar-refractivity contribution in [1.29, 1.82) is 0 Å². The van der Waals surface area contributed by atoms with Crippen LogP contribution in [0.25, 0.3) is 0 Å². The molecule has 0 saturated carbocycles. The fourth-order valence-corrected chi connectivity index (χ4v) is 1.74. The summed E-state index contributed by atoms with van der Waals surface area (Å²) >= 11 is 0. The molecule has 2 aromatic rings. The van der Waals surface area contributed by atoms with E-state index < -0.39 is 0 Å². The summed E-state index contributed by atoms with van der Waals surface area (Å²) in [6.07, 6.45) is 3.36. The molecule has 0 atom stereocenters. The maximum Gasteiger partial charge on any atom is 0.254 e. The molecule has 20 heavy (non-hydrogen) atoms. The highest BCUT2D eigenvalue weighted by Crippen LogP contribution is 2.03. The second-order valence-electron chi connectivity index (χ2n) is 4.27. The fraction of sp³-hybridized carbons (Fsp3) is 0.286. The molecule has 0 bridgehead atoms. The van der Waals surface area contributed by atoms with Crippen LogP contribution in [0.3, 0.4) is 0 Å². The van der Waals surface area contributed by atoms with Crippen molar-refractivity contribution in [2.24, 2.45) is 0 Å². The molecule has 2 rings (SSSR count). The van der Waals surface area contributed by atoms with Crippen LogP contribution in [0, 0.1) is 0 Å².